The summed E-state index contributed by atoms with van der Waals surface area (Å²) in [6.45, 7) is 3.87. The summed E-state index contributed by atoms with van der Waals surface area (Å²) >= 11 is 0. The summed E-state index contributed by atoms with van der Waals surface area (Å²) in [5.74, 6) is 2.53. The highest BCUT2D eigenvalue weighted by atomic mass is 19.1. The Hall–Kier alpha value is -1.53. The Morgan fingerprint density at radius 2 is 2.12 bits per heavy atom. The Morgan fingerprint density at radius 3 is 2.62 bits per heavy atom. The molecule has 0 fully saturated rings. The lowest BCUT2D eigenvalue weighted by molar-refractivity contribution is 0.0500. The summed E-state index contributed by atoms with van der Waals surface area (Å²) in [5.41, 5.74) is 0.990. The number of halogens is 1. The molecule has 0 aromatic heterocycles. The first kappa shape index (κ1) is 12.5. The van der Waals surface area contributed by atoms with E-state index < -0.39 is 0 Å². The monoisotopic (exact) mass is 222 g/mol. The Balaban J connectivity index is 3.19. The van der Waals surface area contributed by atoms with Crippen LogP contribution in [0.2, 0.25) is 0 Å². The van der Waals surface area contributed by atoms with E-state index in [0.717, 1.165) is 0 Å². The van der Waals surface area contributed by atoms with Crippen molar-refractivity contribution in [3.8, 4) is 18.1 Å². The second-order valence-corrected chi connectivity index (χ2v) is 3.72. The van der Waals surface area contributed by atoms with Crippen LogP contribution in [0.5, 0.6) is 5.75 Å². The van der Waals surface area contributed by atoms with Gasteiger partial charge < -0.3 is 9.47 Å². The van der Waals surface area contributed by atoms with Crippen LogP contribution in [-0.4, -0.2) is 13.9 Å². The van der Waals surface area contributed by atoms with Crippen LogP contribution in [0, 0.1) is 18.2 Å². The highest BCUT2D eigenvalue weighted by molar-refractivity contribution is 5.46. The van der Waals surface area contributed by atoms with Crippen molar-refractivity contribution < 1.29 is 13.9 Å². The lowest BCUT2D eigenvalue weighted by atomic mass is 9.99. The molecule has 0 saturated heterocycles. The van der Waals surface area contributed by atoms with Crippen molar-refractivity contribution in [3.63, 3.8) is 0 Å². The molecule has 0 aliphatic carbocycles. The van der Waals surface area contributed by atoms with Crippen molar-refractivity contribution >= 4 is 0 Å². The van der Waals surface area contributed by atoms with Gasteiger partial charge in [-0.25, -0.2) is 4.39 Å². The zero-order chi connectivity index (χ0) is 12.1. The average molecular weight is 222 g/mol. The normalized spacial score (nSPS) is 10.2. The second-order valence-electron chi connectivity index (χ2n) is 3.72. The molecule has 3 heteroatoms. The number of hydrogen-bond acceptors (Lipinski definition) is 2. The van der Waals surface area contributed by atoms with Crippen LogP contribution < -0.4 is 4.74 Å². The van der Waals surface area contributed by atoms with Gasteiger partial charge in [0.25, 0.3) is 0 Å². The molecular formula is C13H15FO2. The van der Waals surface area contributed by atoms with Gasteiger partial charge in [0.2, 0.25) is 0 Å². The van der Waals surface area contributed by atoms with Crippen molar-refractivity contribution in [2.45, 2.75) is 19.8 Å². The van der Waals surface area contributed by atoms with Crippen molar-refractivity contribution in [2.75, 3.05) is 13.9 Å². The molecule has 0 radical (unpaired) electrons. The molecule has 0 aliphatic rings. The van der Waals surface area contributed by atoms with E-state index in [1.165, 1.54) is 13.2 Å². The van der Waals surface area contributed by atoms with E-state index in [-0.39, 0.29) is 18.5 Å². The van der Waals surface area contributed by atoms with Gasteiger partial charge in [-0.2, -0.15) is 0 Å². The molecule has 0 N–H and O–H groups in total. The molecule has 0 atom stereocenters. The van der Waals surface area contributed by atoms with Gasteiger partial charge in [-0.05, 0) is 18.1 Å². The van der Waals surface area contributed by atoms with Gasteiger partial charge in [0, 0.05) is 18.2 Å². The Kier molecular flexibility index (Phi) is 4.33. The largest absolute Gasteiger partial charge is 0.467 e. The van der Waals surface area contributed by atoms with E-state index in [1.807, 2.05) is 13.8 Å². The molecule has 0 amide bonds. The third-order valence-electron chi connectivity index (χ3n) is 2.17. The summed E-state index contributed by atoms with van der Waals surface area (Å²) in [6.07, 6.45) is 5.24. The van der Waals surface area contributed by atoms with Gasteiger partial charge in [0.1, 0.15) is 11.6 Å². The van der Waals surface area contributed by atoms with Crippen molar-refractivity contribution in [1.82, 2.24) is 0 Å². The van der Waals surface area contributed by atoms with Gasteiger partial charge in [-0.1, -0.05) is 19.8 Å². The molecule has 1 rings (SSSR count). The topological polar surface area (TPSA) is 18.5 Å². The first-order valence-electron chi connectivity index (χ1n) is 5.02. The van der Waals surface area contributed by atoms with Crippen LogP contribution in [0.3, 0.4) is 0 Å². The second kappa shape index (κ2) is 5.53. The molecule has 86 valence electrons. The maximum Gasteiger partial charge on any atom is 0.188 e. The third kappa shape index (κ3) is 2.74. The van der Waals surface area contributed by atoms with Crippen LogP contribution >= 0.6 is 0 Å². The minimum Gasteiger partial charge on any atom is -0.467 e. The molecule has 0 saturated carbocycles. The highest BCUT2D eigenvalue weighted by Crippen LogP contribution is 2.30. The third-order valence-corrected chi connectivity index (χ3v) is 2.17. The van der Waals surface area contributed by atoms with E-state index in [9.17, 15) is 4.39 Å². The lowest BCUT2D eigenvalue weighted by Crippen LogP contribution is -2.05. The number of benzene rings is 1. The molecule has 0 spiro atoms. The van der Waals surface area contributed by atoms with E-state index in [1.54, 1.807) is 6.07 Å². The molecule has 16 heavy (non-hydrogen) atoms. The van der Waals surface area contributed by atoms with Gasteiger partial charge in [0.15, 0.2) is 6.79 Å². The van der Waals surface area contributed by atoms with Crippen LogP contribution in [0.1, 0.15) is 30.9 Å². The molecule has 2 nitrogen and oxygen atoms in total. The van der Waals surface area contributed by atoms with Crippen molar-refractivity contribution in [1.29, 1.82) is 0 Å². The SMILES string of the molecule is C#Cc1cc(F)c(C(C)C)c(OCOC)c1. The molecule has 0 bridgehead atoms. The van der Waals surface area contributed by atoms with Crippen LogP contribution in [0.25, 0.3) is 0 Å². The highest BCUT2D eigenvalue weighted by Gasteiger charge is 2.15. The van der Waals surface area contributed by atoms with Crippen molar-refractivity contribution in [3.05, 3.63) is 29.1 Å². The first-order valence-corrected chi connectivity index (χ1v) is 5.02. The number of rotatable bonds is 4. The smallest absolute Gasteiger partial charge is 0.188 e. The van der Waals surface area contributed by atoms with Crippen molar-refractivity contribution in [2.24, 2.45) is 0 Å². The zero-order valence-corrected chi connectivity index (χ0v) is 9.71. The first-order chi connectivity index (χ1) is 7.60. The Morgan fingerprint density at radius 1 is 1.44 bits per heavy atom. The summed E-state index contributed by atoms with van der Waals surface area (Å²) in [7, 11) is 1.51. The van der Waals surface area contributed by atoms with Crippen LogP contribution in [-0.2, 0) is 4.74 Å². The molecule has 0 unspecified atom stereocenters. The van der Waals surface area contributed by atoms with E-state index in [2.05, 4.69) is 5.92 Å². The summed E-state index contributed by atoms with van der Waals surface area (Å²) in [5, 5.41) is 0. The maximum absolute atomic E-state index is 13.8. The quantitative estimate of drug-likeness (QED) is 0.576. The fourth-order valence-electron chi connectivity index (χ4n) is 1.48. The molecule has 0 heterocycles. The number of methoxy groups -OCH3 is 1. The Labute approximate surface area is 95.4 Å². The summed E-state index contributed by atoms with van der Waals surface area (Å²) in [6, 6.07) is 2.99. The fraction of sp³-hybridized carbons (Fsp3) is 0.385. The predicted octanol–water partition coefficient (Wildman–Crippen LogP) is 2.91. The summed E-state index contributed by atoms with van der Waals surface area (Å²) in [4.78, 5) is 0. The minimum atomic E-state index is -0.337. The fourth-order valence-corrected chi connectivity index (χ4v) is 1.48. The zero-order valence-electron chi connectivity index (χ0n) is 9.71. The van der Waals surface area contributed by atoms with E-state index >= 15 is 0 Å². The molecular weight excluding hydrogens is 207 g/mol. The number of ether oxygens (including phenoxy) is 2. The molecule has 1 aromatic carbocycles. The standard InChI is InChI=1S/C13H15FO2/c1-5-10-6-11(14)13(9(2)3)12(7-10)16-8-15-4/h1,6-7,9H,8H2,2-4H3. The Bertz CT molecular complexity index is 405. The average Bonchev–Trinajstić information content (AvgIpc) is 2.24. The molecule has 0 aliphatic heterocycles. The number of hydrogen-bond donors (Lipinski definition) is 0. The van der Waals surface area contributed by atoms with Gasteiger partial charge in [-0.15, -0.1) is 6.42 Å². The minimum absolute atomic E-state index is 0.0266. The lowest BCUT2D eigenvalue weighted by Gasteiger charge is -2.15. The molecule has 1 aromatic rings. The van der Waals surface area contributed by atoms with Crippen LogP contribution in [0.4, 0.5) is 4.39 Å². The van der Waals surface area contributed by atoms with Gasteiger partial charge >= 0.3 is 0 Å². The maximum atomic E-state index is 13.8. The summed E-state index contributed by atoms with van der Waals surface area (Å²) < 4.78 is 23.9. The van der Waals surface area contributed by atoms with Gasteiger partial charge in [-0.3, -0.25) is 0 Å². The number of terminal acetylenes is 1. The van der Waals surface area contributed by atoms with Gasteiger partial charge in [0.05, 0.1) is 0 Å². The van der Waals surface area contributed by atoms with E-state index in [0.29, 0.717) is 16.9 Å². The van der Waals surface area contributed by atoms with E-state index in [4.69, 9.17) is 15.9 Å². The van der Waals surface area contributed by atoms with Crippen LogP contribution in [0.15, 0.2) is 12.1 Å². The predicted molar refractivity (Wildman–Crippen MR) is 60.9 cm³/mol.